The minimum atomic E-state index is 0.424. The molecule has 0 spiro atoms. The second-order valence-corrected chi connectivity index (χ2v) is 7.41. The third-order valence-corrected chi connectivity index (χ3v) is 6.01. The predicted octanol–water partition coefficient (Wildman–Crippen LogP) is 4.21. The van der Waals surface area contributed by atoms with Gasteiger partial charge in [-0.2, -0.15) is 0 Å². The standard InChI is InChI=1S/C22H23N3O/c1-14-23-12-18-20(24-14)11-16-8-9-21(18)25(16)13-19-17-6-4-3-5-15(17)7-10-22(19)26-2/h3-7,10,12,16,21H,8-9,11,13H2,1-2H3/t16-,21-/m1/s1. The summed E-state index contributed by atoms with van der Waals surface area (Å²) in [6, 6.07) is 13.8. The van der Waals surface area contributed by atoms with Crippen molar-refractivity contribution in [3.05, 3.63) is 65.2 Å². The van der Waals surface area contributed by atoms with Gasteiger partial charge in [-0.25, -0.2) is 9.97 Å². The lowest BCUT2D eigenvalue weighted by molar-refractivity contribution is 0.165. The van der Waals surface area contributed by atoms with Gasteiger partial charge in [0.15, 0.2) is 0 Å². The van der Waals surface area contributed by atoms with E-state index in [1.54, 1.807) is 7.11 Å². The Bertz CT molecular complexity index is 984. The minimum absolute atomic E-state index is 0.424. The van der Waals surface area contributed by atoms with Crippen LogP contribution in [0, 0.1) is 6.92 Å². The smallest absolute Gasteiger partial charge is 0.125 e. The topological polar surface area (TPSA) is 38.2 Å². The third-order valence-electron chi connectivity index (χ3n) is 6.01. The normalized spacial score (nSPS) is 21.8. The number of hydrogen-bond donors (Lipinski definition) is 0. The van der Waals surface area contributed by atoms with Gasteiger partial charge in [0.1, 0.15) is 11.6 Å². The van der Waals surface area contributed by atoms with Gasteiger partial charge in [-0.05, 0) is 36.6 Å². The summed E-state index contributed by atoms with van der Waals surface area (Å²) in [5, 5.41) is 2.56. The van der Waals surface area contributed by atoms with Gasteiger partial charge in [0.25, 0.3) is 0 Å². The lowest BCUT2D eigenvalue weighted by Gasteiger charge is -2.36. The van der Waals surface area contributed by atoms with E-state index in [4.69, 9.17) is 9.72 Å². The van der Waals surface area contributed by atoms with Crippen molar-refractivity contribution >= 4 is 10.8 Å². The third kappa shape index (κ3) is 2.40. The summed E-state index contributed by atoms with van der Waals surface area (Å²) in [5.41, 5.74) is 3.87. The molecular formula is C22H23N3O. The highest BCUT2D eigenvalue weighted by Crippen LogP contribution is 2.45. The average molecular weight is 345 g/mol. The summed E-state index contributed by atoms with van der Waals surface area (Å²) in [4.78, 5) is 11.8. The fourth-order valence-electron chi connectivity index (χ4n) is 4.77. The maximum Gasteiger partial charge on any atom is 0.125 e. The molecule has 3 aromatic rings. The van der Waals surface area contributed by atoms with Gasteiger partial charge in [-0.15, -0.1) is 0 Å². The lowest BCUT2D eigenvalue weighted by Crippen LogP contribution is -2.37. The molecule has 26 heavy (non-hydrogen) atoms. The van der Waals surface area contributed by atoms with Gasteiger partial charge in [-0.1, -0.05) is 30.3 Å². The van der Waals surface area contributed by atoms with Crippen molar-refractivity contribution < 1.29 is 4.74 Å². The molecule has 5 rings (SSSR count). The van der Waals surface area contributed by atoms with E-state index in [0.29, 0.717) is 12.1 Å². The monoisotopic (exact) mass is 345 g/mol. The van der Waals surface area contributed by atoms with Gasteiger partial charge in [0.05, 0.1) is 12.8 Å². The molecule has 0 aliphatic carbocycles. The van der Waals surface area contributed by atoms with E-state index in [2.05, 4.69) is 52.5 Å². The Kier molecular flexibility index (Phi) is 3.68. The SMILES string of the molecule is COc1ccc2ccccc2c1CN1[C@@H]2CC[C@@H]1c1cnc(C)nc1C2. The maximum absolute atomic E-state index is 5.72. The Morgan fingerprint density at radius 2 is 2.04 bits per heavy atom. The molecule has 2 aliphatic heterocycles. The summed E-state index contributed by atoms with van der Waals surface area (Å²) in [5.74, 6) is 1.86. The molecule has 0 unspecified atom stereocenters. The highest BCUT2D eigenvalue weighted by atomic mass is 16.5. The molecule has 0 amide bonds. The summed E-state index contributed by atoms with van der Waals surface area (Å²) >= 11 is 0. The fraction of sp³-hybridized carbons (Fsp3) is 0.364. The van der Waals surface area contributed by atoms with Crippen LogP contribution in [-0.2, 0) is 13.0 Å². The van der Waals surface area contributed by atoms with Crippen molar-refractivity contribution in [1.29, 1.82) is 0 Å². The Balaban J connectivity index is 1.57. The van der Waals surface area contributed by atoms with E-state index >= 15 is 0 Å². The molecule has 0 N–H and O–H groups in total. The van der Waals surface area contributed by atoms with Crippen LogP contribution in [-0.4, -0.2) is 28.0 Å². The Morgan fingerprint density at radius 3 is 2.92 bits per heavy atom. The van der Waals surface area contributed by atoms with E-state index < -0.39 is 0 Å². The van der Waals surface area contributed by atoms with Crippen molar-refractivity contribution in [2.24, 2.45) is 0 Å². The predicted molar refractivity (Wildman–Crippen MR) is 102 cm³/mol. The number of methoxy groups -OCH3 is 1. The molecule has 3 heterocycles. The first-order valence-corrected chi connectivity index (χ1v) is 9.37. The molecule has 1 aromatic heterocycles. The Hall–Kier alpha value is -2.46. The van der Waals surface area contributed by atoms with Crippen LogP contribution in [0.2, 0.25) is 0 Å². The number of hydrogen-bond acceptors (Lipinski definition) is 4. The molecule has 2 aliphatic rings. The summed E-state index contributed by atoms with van der Waals surface area (Å²) in [7, 11) is 1.77. The van der Waals surface area contributed by atoms with Gasteiger partial charge in [-0.3, -0.25) is 4.90 Å². The maximum atomic E-state index is 5.72. The van der Waals surface area contributed by atoms with Crippen molar-refractivity contribution in [2.45, 2.75) is 44.8 Å². The number of nitrogens with zero attached hydrogens (tertiary/aromatic N) is 3. The van der Waals surface area contributed by atoms with Crippen LogP contribution in [0.5, 0.6) is 5.75 Å². The zero-order valence-electron chi connectivity index (χ0n) is 15.3. The molecule has 0 radical (unpaired) electrons. The molecule has 132 valence electrons. The van der Waals surface area contributed by atoms with Crippen LogP contribution < -0.4 is 4.74 Å². The molecule has 2 atom stereocenters. The summed E-state index contributed by atoms with van der Waals surface area (Å²) in [6.45, 7) is 2.89. The van der Waals surface area contributed by atoms with Gasteiger partial charge < -0.3 is 4.74 Å². The van der Waals surface area contributed by atoms with E-state index in [0.717, 1.165) is 24.5 Å². The molecule has 0 saturated carbocycles. The molecular weight excluding hydrogens is 322 g/mol. The minimum Gasteiger partial charge on any atom is -0.496 e. The molecule has 1 saturated heterocycles. The molecule has 2 aromatic carbocycles. The van der Waals surface area contributed by atoms with Crippen LogP contribution in [0.1, 0.15) is 41.5 Å². The summed E-state index contributed by atoms with van der Waals surface area (Å²) in [6.07, 6.45) is 5.50. The Morgan fingerprint density at radius 1 is 1.15 bits per heavy atom. The number of benzene rings is 2. The number of aromatic nitrogens is 2. The Labute approximate surface area is 153 Å². The van der Waals surface area contributed by atoms with E-state index in [1.807, 2.05) is 6.92 Å². The first-order chi connectivity index (χ1) is 12.7. The lowest BCUT2D eigenvalue weighted by atomic mass is 9.96. The number of fused-ring (bicyclic) bond motifs is 5. The number of ether oxygens (including phenoxy) is 1. The van der Waals surface area contributed by atoms with Gasteiger partial charge in [0.2, 0.25) is 0 Å². The zero-order valence-corrected chi connectivity index (χ0v) is 15.3. The van der Waals surface area contributed by atoms with Gasteiger partial charge >= 0.3 is 0 Å². The highest BCUT2D eigenvalue weighted by molar-refractivity contribution is 5.87. The van der Waals surface area contributed by atoms with E-state index in [-0.39, 0.29) is 0 Å². The van der Waals surface area contributed by atoms with Crippen LogP contribution in [0.15, 0.2) is 42.6 Å². The second kappa shape index (κ2) is 6.06. The highest BCUT2D eigenvalue weighted by Gasteiger charge is 2.41. The average Bonchev–Trinajstić information content (AvgIpc) is 2.94. The summed E-state index contributed by atoms with van der Waals surface area (Å²) < 4.78 is 5.72. The number of rotatable bonds is 3. The van der Waals surface area contributed by atoms with E-state index in [1.165, 1.54) is 40.4 Å². The van der Waals surface area contributed by atoms with E-state index in [9.17, 15) is 0 Å². The van der Waals surface area contributed by atoms with Crippen LogP contribution in [0.25, 0.3) is 10.8 Å². The largest absolute Gasteiger partial charge is 0.496 e. The van der Waals surface area contributed by atoms with Crippen molar-refractivity contribution in [3.63, 3.8) is 0 Å². The first kappa shape index (κ1) is 15.8. The van der Waals surface area contributed by atoms with Gasteiger partial charge in [0, 0.05) is 42.4 Å². The second-order valence-electron chi connectivity index (χ2n) is 7.41. The van der Waals surface area contributed by atoms with Crippen molar-refractivity contribution in [2.75, 3.05) is 7.11 Å². The van der Waals surface area contributed by atoms with Crippen LogP contribution in [0.4, 0.5) is 0 Å². The molecule has 1 fully saturated rings. The van der Waals surface area contributed by atoms with Crippen molar-refractivity contribution in [3.8, 4) is 5.75 Å². The quantitative estimate of drug-likeness (QED) is 0.713. The molecule has 4 nitrogen and oxygen atoms in total. The van der Waals surface area contributed by atoms with Crippen LogP contribution >= 0.6 is 0 Å². The molecule has 2 bridgehead atoms. The van der Waals surface area contributed by atoms with Crippen molar-refractivity contribution in [1.82, 2.24) is 14.9 Å². The fourth-order valence-corrected chi connectivity index (χ4v) is 4.77. The van der Waals surface area contributed by atoms with Crippen LogP contribution in [0.3, 0.4) is 0 Å². The molecule has 4 heteroatoms. The zero-order chi connectivity index (χ0) is 17.7. The number of aryl methyl sites for hydroxylation is 1. The first-order valence-electron chi connectivity index (χ1n) is 9.37.